The van der Waals surface area contributed by atoms with Crippen molar-refractivity contribution in [1.29, 1.82) is 0 Å². The van der Waals surface area contributed by atoms with Crippen LogP contribution in [-0.2, 0) is 9.47 Å². The van der Waals surface area contributed by atoms with E-state index < -0.39 is 0 Å². The summed E-state index contributed by atoms with van der Waals surface area (Å²) in [6.07, 6.45) is 6.08. The molecule has 1 rings (SSSR count). The molecular formula is C14H29NO2. The van der Waals surface area contributed by atoms with Crippen LogP contribution in [0.4, 0.5) is 0 Å². The topological polar surface area (TPSA) is 30.5 Å². The Hall–Kier alpha value is -0.120. The van der Waals surface area contributed by atoms with Gasteiger partial charge in [0.25, 0.3) is 0 Å². The van der Waals surface area contributed by atoms with E-state index >= 15 is 0 Å². The molecule has 0 spiro atoms. The van der Waals surface area contributed by atoms with Crippen molar-refractivity contribution >= 4 is 0 Å². The molecule has 0 saturated carbocycles. The third-order valence-corrected chi connectivity index (χ3v) is 3.68. The fraction of sp³-hybridized carbons (Fsp3) is 1.00. The van der Waals surface area contributed by atoms with Crippen LogP contribution >= 0.6 is 0 Å². The summed E-state index contributed by atoms with van der Waals surface area (Å²) in [5.74, 6) is 0. The van der Waals surface area contributed by atoms with E-state index in [0.29, 0.717) is 5.41 Å². The summed E-state index contributed by atoms with van der Waals surface area (Å²) in [4.78, 5) is 0. The van der Waals surface area contributed by atoms with E-state index in [2.05, 4.69) is 19.2 Å². The van der Waals surface area contributed by atoms with Crippen LogP contribution in [0.25, 0.3) is 0 Å². The third-order valence-electron chi connectivity index (χ3n) is 3.68. The smallest absolute Gasteiger partial charge is 0.0471 e. The zero-order valence-corrected chi connectivity index (χ0v) is 11.6. The Morgan fingerprint density at radius 2 is 2.00 bits per heavy atom. The van der Waals surface area contributed by atoms with Crippen LogP contribution in [0.1, 0.15) is 46.0 Å². The first kappa shape index (κ1) is 14.9. The number of ether oxygens (including phenoxy) is 2. The van der Waals surface area contributed by atoms with E-state index in [1.54, 1.807) is 0 Å². The predicted octanol–water partition coefficient (Wildman–Crippen LogP) is 2.60. The summed E-state index contributed by atoms with van der Waals surface area (Å²) < 4.78 is 10.9. The Bertz CT molecular complexity index is 179. The van der Waals surface area contributed by atoms with Crippen LogP contribution in [0.3, 0.4) is 0 Å². The first-order chi connectivity index (χ1) is 8.33. The van der Waals surface area contributed by atoms with Gasteiger partial charge in [0.05, 0.1) is 0 Å². The minimum atomic E-state index is 0.463. The Kier molecular flexibility index (Phi) is 7.82. The van der Waals surface area contributed by atoms with Gasteiger partial charge in [-0.2, -0.15) is 0 Å². The van der Waals surface area contributed by atoms with E-state index in [9.17, 15) is 0 Å². The number of nitrogens with one attached hydrogen (secondary N) is 1. The van der Waals surface area contributed by atoms with Crippen molar-refractivity contribution in [3.8, 4) is 0 Å². The van der Waals surface area contributed by atoms with Gasteiger partial charge >= 0.3 is 0 Å². The molecule has 1 N–H and O–H groups in total. The summed E-state index contributed by atoms with van der Waals surface area (Å²) in [5, 5.41) is 3.59. The van der Waals surface area contributed by atoms with Crippen LogP contribution in [0.2, 0.25) is 0 Å². The Labute approximate surface area is 106 Å². The van der Waals surface area contributed by atoms with E-state index in [-0.39, 0.29) is 0 Å². The van der Waals surface area contributed by atoms with Crippen molar-refractivity contribution in [3.63, 3.8) is 0 Å². The normalized spacial score (nSPS) is 19.4. The first-order valence-electron chi connectivity index (χ1n) is 7.19. The van der Waals surface area contributed by atoms with Gasteiger partial charge in [0.1, 0.15) is 0 Å². The molecule has 0 aromatic heterocycles. The van der Waals surface area contributed by atoms with E-state index in [1.165, 1.54) is 32.1 Å². The monoisotopic (exact) mass is 243 g/mol. The molecule has 0 unspecified atom stereocenters. The zero-order valence-electron chi connectivity index (χ0n) is 11.6. The lowest BCUT2D eigenvalue weighted by molar-refractivity contribution is 0.00522. The van der Waals surface area contributed by atoms with Crippen LogP contribution in [-0.4, -0.2) is 39.5 Å². The fourth-order valence-corrected chi connectivity index (χ4v) is 2.54. The quantitative estimate of drug-likeness (QED) is 0.631. The van der Waals surface area contributed by atoms with Gasteiger partial charge in [-0.3, -0.25) is 0 Å². The Balaban J connectivity index is 2.29. The van der Waals surface area contributed by atoms with E-state index in [4.69, 9.17) is 9.47 Å². The van der Waals surface area contributed by atoms with Crippen molar-refractivity contribution in [2.45, 2.75) is 46.0 Å². The highest BCUT2D eigenvalue weighted by atomic mass is 16.5. The number of hydrogen-bond donors (Lipinski definition) is 1. The molecule has 0 aromatic rings. The van der Waals surface area contributed by atoms with Gasteiger partial charge in [-0.25, -0.2) is 0 Å². The highest BCUT2D eigenvalue weighted by Gasteiger charge is 2.31. The van der Waals surface area contributed by atoms with Gasteiger partial charge in [0.2, 0.25) is 0 Å². The van der Waals surface area contributed by atoms with Crippen LogP contribution in [0, 0.1) is 5.41 Å². The van der Waals surface area contributed by atoms with Gasteiger partial charge in [0, 0.05) is 33.0 Å². The molecule has 102 valence electrons. The lowest BCUT2D eigenvalue weighted by atomic mass is 9.76. The second-order valence-electron chi connectivity index (χ2n) is 5.09. The van der Waals surface area contributed by atoms with Gasteiger partial charge in [-0.15, -0.1) is 0 Å². The standard InChI is InChI=1S/C14H29NO2/c1-3-9-15-13-14(6-5-10-16-4-2)7-11-17-12-8-14/h15H,3-13H2,1-2H3. The second kappa shape index (κ2) is 8.90. The molecule has 0 bridgehead atoms. The summed E-state index contributed by atoms with van der Waals surface area (Å²) in [7, 11) is 0. The molecule has 0 radical (unpaired) electrons. The van der Waals surface area contributed by atoms with Crippen molar-refractivity contribution in [2.24, 2.45) is 5.41 Å². The maximum absolute atomic E-state index is 5.50. The highest BCUT2D eigenvalue weighted by Crippen LogP contribution is 2.34. The largest absolute Gasteiger partial charge is 0.382 e. The highest BCUT2D eigenvalue weighted by molar-refractivity contribution is 4.84. The molecule has 1 aliphatic rings. The molecule has 1 heterocycles. The van der Waals surface area contributed by atoms with Crippen molar-refractivity contribution in [1.82, 2.24) is 5.32 Å². The summed E-state index contributed by atoms with van der Waals surface area (Å²) >= 11 is 0. The molecule has 0 atom stereocenters. The van der Waals surface area contributed by atoms with Gasteiger partial charge < -0.3 is 14.8 Å². The SMILES string of the molecule is CCCNCC1(CCCOCC)CCOCC1. The van der Waals surface area contributed by atoms with Crippen molar-refractivity contribution in [3.05, 3.63) is 0 Å². The predicted molar refractivity (Wildman–Crippen MR) is 71.4 cm³/mol. The summed E-state index contributed by atoms with van der Waals surface area (Å²) in [5.41, 5.74) is 0.463. The Morgan fingerprint density at radius 3 is 2.65 bits per heavy atom. The molecular weight excluding hydrogens is 214 g/mol. The van der Waals surface area contributed by atoms with E-state index in [1.807, 2.05) is 0 Å². The third kappa shape index (κ3) is 5.84. The average Bonchev–Trinajstić information content (AvgIpc) is 2.36. The molecule has 0 aliphatic carbocycles. The summed E-state index contributed by atoms with van der Waals surface area (Å²) in [6, 6.07) is 0. The minimum absolute atomic E-state index is 0.463. The van der Waals surface area contributed by atoms with Gasteiger partial charge in [-0.1, -0.05) is 6.92 Å². The molecule has 0 aromatic carbocycles. The lowest BCUT2D eigenvalue weighted by Gasteiger charge is -2.37. The molecule has 3 heteroatoms. The molecule has 0 amide bonds. The lowest BCUT2D eigenvalue weighted by Crippen LogP contribution is -2.39. The zero-order chi connectivity index (χ0) is 12.4. The molecule has 1 fully saturated rings. The van der Waals surface area contributed by atoms with Gasteiger partial charge in [0.15, 0.2) is 0 Å². The number of rotatable bonds is 9. The maximum Gasteiger partial charge on any atom is 0.0471 e. The average molecular weight is 243 g/mol. The molecule has 3 nitrogen and oxygen atoms in total. The van der Waals surface area contributed by atoms with E-state index in [0.717, 1.165) is 39.5 Å². The first-order valence-corrected chi connectivity index (χ1v) is 7.19. The fourth-order valence-electron chi connectivity index (χ4n) is 2.54. The molecule has 17 heavy (non-hydrogen) atoms. The van der Waals surface area contributed by atoms with Crippen LogP contribution in [0.5, 0.6) is 0 Å². The maximum atomic E-state index is 5.50. The van der Waals surface area contributed by atoms with Crippen LogP contribution in [0.15, 0.2) is 0 Å². The molecule has 1 saturated heterocycles. The minimum Gasteiger partial charge on any atom is -0.382 e. The van der Waals surface area contributed by atoms with Crippen molar-refractivity contribution in [2.75, 3.05) is 39.5 Å². The van der Waals surface area contributed by atoms with Crippen molar-refractivity contribution < 1.29 is 9.47 Å². The Morgan fingerprint density at radius 1 is 1.24 bits per heavy atom. The second-order valence-corrected chi connectivity index (χ2v) is 5.09. The van der Waals surface area contributed by atoms with Gasteiger partial charge in [-0.05, 0) is 51.0 Å². The molecule has 1 aliphatic heterocycles. The number of hydrogen-bond acceptors (Lipinski definition) is 3. The van der Waals surface area contributed by atoms with Crippen LogP contribution < -0.4 is 5.32 Å². The summed E-state index contributed by atoms with van der Waals surface area (Å²) in [6.45, 7) is 10.2.